The predicted molar refractivity (Wildman–Crippen MR) is 49.5 cm³/mol. The molecule has 3 N–H and O–H groups in total. The number of nitrogens with two attached hydrogens (primary N) is 1. The Morgan fingerprint density at radius 2 is 2.23 bits per heavy atom. The minimum Gasteiger partial charge on any atom is -0.324 e. The summed E-state index contributed by atoms with van der Waals surface area (Å²) < 4.78 is 0. The SMILES string of the molecule is NCC(=O)c1n[nH]c2ccccc12. The Balaban J connectivity index is 2.64. The number of ketones is 1. The number of aromatic amines is 1. The molecule has 13 heavy (non-hydrogen) atoms. The van der Waals surface area contributed by atoms with E-state index in [1.54, 1.807) is 0 Å². The van der Waals surface area contributed by atoms with Crippen LogP contribution in [-0.4, -0.2) is 22.5 Å². The molecular formula is C9H9N3O. The Kier molecular flexibility index (Phi) is 1.83. The molecule has 0 saturated heterocycles. The lowest BCUT2D eigenvalue weighted by Gasteiger charge is -1.91. The number of benzene rings is 1. The molecule has 1 aromatic carbocycles. The van der Waals surface area contributed by atoms with E-state index in [2.05, 4.69) is 10.2 Å². The number of Topliss-reactive ketones (excluding diaryl/α,β-unsaturated/α-hetero) is 1. The maximum atomic E-state index is 11.3. The van der Waals surface area contributed by atoms with Crippen molar-refractivity contribution in [2.75, 3.05) is 6.54 Å². The molecule has 0 radical (unpaired) electrons. The fourth-order valence-corrected chi connectivity index (χ4v) is 1.27. The third kappa shape index (κ3) is 1.21. The summed E-state index contributed by atoms with van der Waals surface area (Å²) >= 11 is 0. The highest BCUT2D eigenvalue weighted by Gasteiger charge is 2.10. The van der Waals surface area contributed by atoms with Gasteiger partial charge in [-0.25, -0.2) is 0 Å². The van der Waals surface area contributed by atoms with Crippen LogP contribution in [0.4, 0.5) is 0 Å². The Morgan fingerprint density at radius 3 is 3.00 bits per heavy atom. The van der Waals surface area contributed by atoms with Gasteiger partial charge < -0.3 is 5.73 Å². The molecule has 4 heteroatoms. The third-order valence-electron chi connectivity index (χ3n) is 1.92. The molecule has 0 unspecified atom stereocenters. The molecular weight excluding hydrogens is 166 g/mol. The van der Waals surface area contributed by atoms with Crippen molar-refractivity contribution in [3.05, 3.63) is 30.0 Å². The molecule has 66 valence electrons. The van der Waals surface area contributed by atoms with Gasteiger partial charge in [-0.05, 0) is 6.07 Å². The maximum absolute atomic E-state index is 11.3. The number of H-pyrrole nitrogens is 1. The minimum absolute atomic E-state index is 0.00511. The van der Waals surface area contributed by atoms with Crippen LogP contribution in [0.2, 0.25) is 0 Å². The first-order valence-electron chi connectivity index (χ1n) is 3.99. The Bertz CT molecular complexity index is 447. The minimum atomic E-state index is -0.141. The molecule has 0 aliphatic rings. The van der Waals surface area contributed by atoms with Gasteiger partial charge in [-0.3, -0.25) is 9.89 Å². The van der Waals surface area contributed by atoms with Gasteiger partial charge in [0.05, 0.1) is 12.1 Å². The molecule has 2 aromatic rings. The van der Waals surface area contributed by atoms with Crippen molar-refractivity contribution in [2.24, 2.45) is 5.73 Å². The van der Waals surface area contributed by atoms with E-state index < -0.39 is 0 Å². The number of fused-ring (bicyclic) bond motifs is 1. The lowest BCUT2D eigenvalue weighted by molar-refractivity contribution is 0.0998. The van der Waals surface area contributed by atoms with Crippen molar-refractivity contribution in [2.45, 2.75) is 0 Å². The van der Waals surface area contributed by atoms with Crippen LogP contribution >= 0.6 is 0 Å². The normalized spacial score (nSPS) is 10.5. The molecule has 0 atom stereocenters. The fourth-order valence-electron chi connectivity index (χ4n) is 1.27. The van der Waals surface area contributed by atoms with E-state index >= 15 is 0 Å². The molecule has 0 spiro atoms. The van der Waals surface area contributed by atoms with Crippen molar-refractivity contribution in [1.82, 2.24) is 10.2 Å². The summed E-state index contributed by atoms with van der Waals surface area (Å²) in [6.07, 6.45) is 0. The number of rotatable bonds is 2. The second kappa shape index (κ2) is 2.99. The zero-order valence-electron chi connectivity index (χ0n) is 6.95. The van der Waals surface area contributed by atoms with Crippen LogP contribution in [-0.2, 0) is 0 Å². The van der Waals surface area contributed by atoms with E-state index in [-0.39, 0.29) is 12.3 Å². The molecule has 4 nitrogen and oxygen atoms in total. The van der Waals surface area contributed by atoms with E-state index in [1.807, 2.05) is 24.3 Å². The van der Waals surface area contributed by atoms with Crippen LogP contribution in [0.25, 0.3) is 10.9 Å². The molecule has 0 aliphatic carbocycles. The second-order valence-corrected chi connectivity index (χ2v) is 2.75. The number of hydrogen-bond acceptors (Lipinski definition) is 3. The van der Waals surface area contributed by atoms with E-state index in [1.165, 1.54) is 0 Å². The van der Waals surface area contributed by atoms with Crippen LogP contribution < -0.4 is 5.73 Å². The summed E-state index contributed by atoms with van der Waals surface area (Å²) in [6, 6.07) is 7.47. The molecule has 0 aliphatic heterocycles. The zero-order chi connectivity index (χ0) is 9.26. The molecule has 1 aromatic heterocycles. The number of hydrogen-bond donors (Lipinski definition) is 2. The smallest absolute Gasteiger partial charge is 0.197 e. The monoisotopic (exact) mass is 175 g/mol. The number of nitrogens with zero attached hydrogens (tertiary/aromatic N) is 1. The molecule has 2 rings (SSSR count). The molecule has 0 fully saturated rings. The summed E-state index contributed by atoms with van der Waals surface area (Å²) in [7, 11) is 0. The van der Waals surface area contributed by atoms with Crippen molar-refractivity contribution < 1.29 is 4.79 Å². The van der Waals surface area contributed by atoms with Crippen LogP contribution in [0.1, 0.15) is 10.5 Å². The number of nitrogens with one attached hydrogen (secondary N) is 1. The van der Waals surface area contributed by atoms with Crippen molar-refractivity contribution >= 4 is 16.7 Å². The summed E-state index contributed by atoms with van der Waals surface area (Å²) in [4.78, 5) is 11.3. The second-order valence-electron chi connectivity index (χ2n) is 2.75. The Labute approximate surface area is 74.7 Å². The van der Waals surface area contributed by atoms with Crippen molar-refractivity contribution in [3.63, 3.8) is 0 Å². The summed E-state index contributed by atoms with van der Waals surface area (Å²) in [5, 5.41) is 7.52. The largest absolute Gasteiger partial charge is 0.324 e. The number of carbonyl (C=O) groups excluding carboxylic acids is 1. The van der Waals surface area contributed by atoms with Gasteiger partial charge >= 0.3 is 0 Å². The quantitative estimate of drug-likeness (QED) is 0.660. The maximum Gasteiger partial charge on any atom is 0.197 e. The van der Waals surface area contributed by atoms with Gasteiger partial charge in [0, 0.05) is 5.39 Å². The summed E-state index contributed by atoms with van der Waals surface area (Å²) in [6.45, 7) is -0.00511. The van der Waals surface area contributed by atoms with E-state index in [0.29, 0.717) is 5.69 Å². The highest BCUT2D eigenvalue weighted by Crippen LogP contribution is 2.14. The predicted octanol–water partition coefficient (Wildman–Crippen LogP) is 0.704. The molecule has 1 heterocycles. The van der Waals surface area contributed by atoms with Gasteiger partial charge in [-0.2, -0.15) is 5.10 Å². The number of carbonyl (C=O) groups is 1. The highest BCUT2D eigenvalue weighted by molar-refractivity contribution is 6.06. The average molecular weight is 175 g/mol. The van der Waals surface area contributed by atoms with Gasteiger partial charge in [0.1, 0.15) is 5.69 Å². The number of para-hydroxylation sites is 1. The number of aromatic nitrogens is 2. The van der Waals surface area contributed by atoms with Gasteiger partial charge in [0.15, 0.2) is 5.78 Å². The first-order valence-corrected chi connectivity index (χ1v) is 3.99. The molecule has 0 saturated carbocycles. The lowest BCUT2D eigenvalue weighted by Crippen LogP contribution is -2.14. The van der Waals surface area contributed by atoms with E-state index in [0.717, 1.165) is 10.9 Å². The van der Waals surface area contributed by atoms with Crippen LogP contribution in [0.5, 0.6) is 0 Å². The van der Waals surface area contributed by atoms with Crippen molar-refractivity contribution in [1.29, 1.82) is 0 Å². The van der Waals surface area contributed by atoms with Crippen molar-refractivity contribution in [3.8, 4) is 0 Å². The first-order chi connectivity index (χ1) is 6.33. The Morgan fingerprint density at radius 1 is 1.46 bits per heavy atom. The van der Waals surface area contributed by atoms with Gasteiger partial charge in [0.2, 0.25) is 0 Å². The Hall–Kier alpha value is -1.68. The van der Waals surface area contributed by atoms with Crippen LogP contribution in [0, 0.1) is 0 Å². The highest BCUT2D eigenvalue weighted by atomic mass is 16.1. The zero-order valence-corrected chi connectivity index (χ0v) is 6.95. The average Bonchev–Trinajstić information content (AvgIpc) is 2.60. The molecule has 0 bridgehead atoms. The summed E-state index contributed by atoms with van der Waals surface area (Å²) in [5.74, 6) is -0.141. The topological polar surface area (TPSA) is 71.8 Å². The van der Waals surface area contributed by atoms with Gasteiger partial charge in [0.25, 0.3) is 0 Å². The van der Waals surface area contributed by atoms with Gasteiger partial charge in [-0.1, -0.05) is 18.2 Å². The van der Waals surface area contributed by atoms with E-state index in [9.17, 15) is 4.79 Å². The summed E-state index contributed by atoms with van der Waals surface area (Å²) in [5.41, 5.74) is 6.54. The standard InChI is InChI=1S/C9H9N3O/c10-5-8(13)9-6-3-1-2-4-7(6)11-12-9/h1-4H,5,10H2,(H,11,12). The van der Waals surface area contributed by atoms with Crippen LogP contribution in [0.15, 0.2) is 24.3 Å². The van der Waals surface area contributed by atoms with Gasteiger partial charge in [-0.15, -0.1) is 0 Å². The molecule has 0 amide bonds. The van der Waals surface area contributed by atoms with Crippen LogP contribution in [0.3, 0.4) is 0 Å². The van der Waals surface area contributed by atoms with E-state index in [4.69, 9.17) is 5.73 Å². The first kappa shape index (κ1) is 7.94. The fraction of sp³-hybridized carbons (Fsp3) is 0.111. The third-order valence-corrected chi connectivity index (χ3v) is 1.92. The lowest BCUT2D eigenvalue weighted by atomic mass is 10.1.